The SMILES string of the molecule is CCCCCCc1ccc(OC(C)CS(=O)(=O)O)cc1CCCCCC. The Hall–Kier alpha value is -1.07. The van der Waals surface area contributed by atoms with Crippen molar-refractivity contribution in [3.63, 3.8) is 0 Å². The molecule has 0 aromatic heterocycles. The van der Waals surface area contributed by atoms with Crippen LogP contribution in [0.3, 0.4) is 0 Å². The fraction of sp³-hybridized carbons (Fsp3) is 0.714. The van der Waals surface area contributed by atoms with Gasteiger partial charge in [0.1, 0.15) is 17.6 Å². The maximum atomic E-state index is 11.0. The molecule has 5 heteroatoms. The van der Waals surface area contributed by atoms with Crippen LogP contribution in [0.25, 0.3) is 0 Å². The van der Waals surface area contributed by atoms with Crippen LogP contribution in [-0.2, 0) is 23.0 Å². The van der Waals surface area contributed by atoms with Crippen LogP contribution in [0.2, 0.25) is 0 Å². The van der Waals surface area contributed by atoms with Crippen molar-refractivity contribution in [3.05, 3.63) is 29.3 Å². The Balaban J connectivity index is 2.76. The molecule has 1 aromatic rings. The minimum Gasteiger partial charge on any atom is -0.490 e. The van der Waals surface area contributed by atoms with E-state index in [1.165, 1.54) is 62.5 Å². The number of benzene rings is 1. The molecule has 26 heavy (non-hydrogen) atoms. The molecule has 0 saturated carbocycles. The number of rotatable bonds is 14. The van der Waals surface area contributed by atoms with Gasteiger partial charge in [-0.1, -0.05) is 58.4 Å². The molecule has 0 radical (unpaired) electrons. The molecule has 0 aliphatic rings. The fourth-order valence-corrected chi connectivity index (χ4v) is 3.86. The Morgan fingerprint density at radius 3 is 2.04 bits per heavy atom. The standard InChI is InChI=1S/C21H36O4S/c1-4-6-8-10-12-19-14-15-21(25-18(3)17-26(22,23)24)16-20(19)13-11-9-7-5-2/h14-16,18H,4-13,17H2,1-3H3,(H,22,23,24). The summed E-state index contributed by atoms with van der Waals surface area (Å²) in [4.78, 5) is 0. The molecule has 1 N–H and O–H groups in total. The van der Waals surface area contributed by atoms with E-state index >= 15 is 0 Å². The van der Waals surface area contributed by atoms with Gasteiger partial charge in [0.2, 0.25) is 0 Å². The summed E-state index contributed by atoms with van der Waals surface area (Å²) in [5.41, 5.74) is 2.70. The van der Waals surface area contributed by atoms with Gasteiger partial charge >= 0.3 is 0 Å². The van der Waals surface area contributed by atoms with Gasteiger partial charge in [-0.15, -0.1) is 0 Å². The lowest BCUT2D eigenvalue weighted by atomic mass is 9.96. The van der Waals surface area contributed by atoms with E-state index in [0.717, 1.165) is 12.8 Å². The summed E-state index contributed by atoms with van der Waals surface area (Å²) >= 11 is 0. The summed E-state index contributed by atoms with van der Waals surface area (Å²) in [5, 5.41) is 0. The molecule has 1 aromatic carbocycles. The zero-order chi connectivity index (χ0) is 19.4. The molecule has 0 spiro atoms. The van der Waals surface area contributed by atoms with Crippen LogP contribution in [0.5, 0.6) is 5.75 Å². The molecule has 0 aliphatic heterocycles. The van der Waals surface area contributed by atoms with Gasteiger partial charge in [0.15, 0.2) is 0 Å². The summed E-state index contributed by atoms with van der Waals surface area (Å²) < 4.78 is 36.7. The molecule has 0 heterocycles. The zero-order valence-electron chi connectivity index (χ0n) is 16.7. The van der Waals surface area contributed by atoms with Gasteiger partial charge in [0.25, 0.3) is 10.1 Å². The molecular formula is C21H36O4S. The third kappa shape index (κ3) is 10.2. The smallest absolute Gasteiger partial charge is 0.268 e. The molecule has 4 nitrogen and oxygen atoms in total. The van der Waals surface area contributed by atoms with Crippen molar-refractivity contribution < 1.29 is 17.7 Å². The molecular weight excluding hydrogens is 348 g/mol. The Morgan fingerprint density at radius 1 is 0.923 bits per heavy atom. The van der Waals surface area contributed by atoms with E-state index in [4.69, 9.17) is 9.29 Å². The van der Waals surface area contributed by atoms with Crippen LogP contribution in [0.1, 0.15) is 83.3 Å². The van der Waals surface area contributed by atoms with Crippen molar-refractivity contribution in [2.75, 3.05) is 5.75 Å². The number of hydrogen-bond donors (Lipinski definition) is 1. The molecule has 0 aliphatic carbocycles. The monoisotopic (exact) mass is 384 g/mol. The molecule has 0 bridgehead atoms. The Morgan fingerprint density at radius 2 is 1.50 bits per heavy atom. The van der Waals surface area contributed by atoms with Crippen molar-refractivity contribution in [3.8, 4) is 5.75 Å². The van der Waals surface area contributed by atoms with E-state index in [2.05, 4.69) is 26.0 Å². The highest BCUT2D eigenvalue weighted by atomic mass is 32.2. The summed E-state index contributed by atoms with van der Waals surface area (Å²) in [6.07, 6.45) is 11.4. The zero-order valence-corrected chi connectivity index (χ0v) is 17.5. The van der Waals surface area contributed by atoms with Gasteiger partial charge in [-0.25, -0.2) is 0 Å². The van der Waals surface area contributed by atoms with Crippen molar-refractivity contribution in [2.24, 2.45) is 0 Å². The largest absolute Gasteiger partial charge is 0.490 e. The third-order valence-corrected chi connectivity index (χ3v) is 5.45. The number of ether oxygens (including phenoxy) is 1. The Labute approximate surface area is 160 Å². The van der Waals surface area contributed by atoms with Crippen molar-refractivity contribution in [1.29, 1.82) is 0 Å². The third-order valence-electron chi connectivity index (χ3n) is 4.56. The van der Waals surface area contributed by atoms with Crippen molar-refractivity contribution in [1.82, 2.24) is 0 Å². The van der Waals surface area contributed by atoms with Gasteiger partial charge in [-0.2, -0.15) is 8.42 Å². The molecule has 0 fully saturated rings. The quantitative estimate of drug-likeness (QED) is 0.335. The van der Waals surface area contributed by atoms with E-state index in [1.54, 1.807) is 6.92 Å². The first kappa shape index (κ1) is 23.0. The summed E-state index contributed by atoms with van der Waals surface area (Å²) in [6, 6.07) is 6.10. The first-order chi connectivity index (χ1) is 12.4. The average molecular weight is 385 g/mol. The molecule has 0 amide bonds. The van der Waals surface area contributed by atoms with E-state index in [1.807, 2.05) is 6.07 Å². The van der Waals surface area contributed by atoms with E-state index in [0.29, 0.717) is 5.75 Å². The van der Waals surface area contributed by atoms with Crippen molar-refractivity contribution in [2.45, 2.75) is 91.1 Å². The molecule has 1 rings (SSSR count). The molecule has 1 unspecified atom stereocenters. The fourth-order valence-electron chi connectivity index (χ4n) is 3.20. The van der Waals surface area contributed by atoms with E-state index in [9.17, 15) is 8.42 Å². The molecule has 150 valence electrons. The van der Waals surface area contributed by atoms with Crippen LogP contribution < -0.4 is 4.74 Å². The second kappa shape index (κ2) is 12.3. The lowest BCUT2D eigenvalue weighted by Gasteiger charge is -2.16. The summed E-state index contributed by atoms with van der Waals surface area (Å²) in [6.45, 7) is 6.09. The number of unbranched alkanes of at least 4 members (excludes halogenated alkanes) is 6. The molecule has 1 atom stereocenters. The predicted molar refractivity (Wildman–Crippen MR) is 109 cm³/mol. The molecule has 0 saturated heterocycles. The van der Waals surface area contributed by atoms with Crippen LogP contribution in [0.15, 0.2) is 18.2 Å². The Kier molecular flexibility index (Phi) is 10.9. The number of aryl methyl sites for hydroxylation is 2. The highest BCUT2D eigenvalue weighted by Gasteiger charge is 2.14. The first-order valence-corrected chi connectivity index (χ1v) is 11.7. The van der Waals surface area contributed by atoms with Crippen LogP contribution >= 0.6 is 0 Å². The van der Waals surface area contributed by atoms with E-state index in [-0.39, 0.29) is 0 Å². The van der Waals surface area contributed by atoms with Crippen LogP contribution in [0.4, 0.5) is 0 Å². The van der Waals surface area contributed by atoms with Gasteiger partial charge < -0.3 is 4.74 Å². The summed E-state index contributed by atoms with van der Waals surface area (Å²) in [5.74, 6) is 0.293. The Bertz CT molecular complexity index is 610. The van der Waals surface area contributed by atoms with Crippen molar-refractivity contribution >= 4 is 10.1 Å². The average Bonchev–Trinajstić information content (AvgIpc) is 2.55. The lowest BCUT2D eigenvalue weighted by molar-refractivity contribution is 0.241. The first-order valence-electron chi connectivity index (χ1n) is 10.1. The van der Waals surface area contributed by atoms with Crippen LogP contribution in [-0.4, -0.2) is 24.8 Å². The summed E-state index contributed by atoms with van der Waals surface area (Å²) in [7, 11) is -4.02. The second-order valence-corrected chi connectivity index (χ2v) is 8.73. The normalized spacial score (nSPS) is 12.9. The number of hydrogen-bond acceptors (Lipinski definition) is 3. The van der Waals surface area contributed by atoms with Crippen LogP contribution in [0, 0.1) is 0 Å². The maximum Gasteiger partial charge on any atom is 0.268 e. The topological polar surface area (TPSA) is 63.6 Å². The van der Waals surface area contributed by atoms with E-state index < -0.39 is 22.0 Å². The lowest BCUT2D eigenvalue weighted by Crippen LogP contribution is -2.23. The second-order valence-electron chi connectivity index (χ2n) is 7.23. The van der Waals surface area contributed by atoms with Gasteiger partial charge in [0, 0.05) is 0 Å². The highest BCUT2D eigenvalue weighted by Crippen LogP contribution is 2.23. The maximum absolute atomic E-state index is 11.0. The predicted octanol–water partition coefficient (Wildman–Crippen LogP) is 5.59. The minimum atomic E-state index is -4.02. The highest BCUT2D eigenvalue weighted by molar-refractivity contribution is 7.85. The minimum absolute atomic E-state index is 0.391. The van der Waals surface area contributed by atoms with Gasteiger partial charge in [-0.05, 0) is 55.9 Å². The van der Waals surface area contributed by atoms with Gasteiger partial charge in [-0.3, -0.25) is 4.55 Å². The van der Waals surface area contributed by atoms with Gasteiger partial charge in [0.05, 0.1) is 0 Å².